The molecule has 2 aromatic rings. The first-order chi connectivity index (χ1) is 10.2. The second-order valence-corrected chi connectivity index (χ2v) is 5.58. The van der Waals surface area contributed by atoms with Crippen molar-refractivity contribution in [1.29, 1.82) is 0 Å². The summed E-state index contributed by atoms with van der Waals surface area (Å²) in [4.78, 5) is 2.19. The largest absolute Gasteiger partial charge is 0.391 e. The Bertz CT molecular complexity index is 521. The zero-order chi connectivity index (χ0) is 15.1. The Morgan fingerprint density at radius 2 is 1.57 bits per heavy atom. The lowest BCUT2D eigenvalue weighted by atomic mass is 10.1. The van der Waals surface area contributed by atoms with Crippen molar-refractivity contribution in [3.05, 3.63) is 60.2 Å². The maximum absolute atomic E-state index is 10.3. The summed E-state index contributed by atoms with van der Waals surface area (Å²) in [5.74, 6) is 0. The minimum absolute atomic E-state index is 0.300. The van der Waals surface area contributed by atoms with Crippen LogP contribution in [0.2, 0.25) is 0 Å². The van der Waals surface area contributed by atoms with Crippen molar-refractivity contribution in [2.24, 2.45) is 0 Å². The highest BCUT2D eigenvalue weighted by Gasteiger charge is 2.14. The van der Waals surface area contributed by atoms with Crippen LogP contribution >= 0.6 is 0 Å². The molecule has 0 amide bonds. The monoisotopic (exact) mass is 283 g/mol. The van der Waals surface area contributed by atoms with E-state index in [2.05, 4.69) is 55.1 Å². The van der Waals surface area contributed by atoms with E-state index in [1.165, 1.54) is 5.56 Å². The molecular weight excluding hydrogens is 258 g/mol. The Balaban J connectivity index is 2.20. The molecule has 0 spiro atoms. The molecule has 0 aliphatic carbocycles. The molecule has 0 radical (unpaired) electrons. The van der Waals surface area contributed by atoms with Gasteiger partial charge >= 0.3 is 0 Å². The SMILES string of the molecule is CCCCC(O)CN(c1ccccc1)c1ccc(C)cc1. The van der Waals surface area contributed by atoms with E-state index in [1.807, 2.05) is 18.2 Å². The van der Waals surface area contributed by atoms with Gasteiger partial charge in [0.05, 0.1) is 6.10 Å². The van der Waals surface area contributed by atoms with E-state index in [4.69, 9.17) is 0 Å². The van der Waals surface area contributed by atoms with Gasteiger partial charge in [-0.2, -0.15) is 0 Å². The highest BCUT2D eigenvalue weighted by molar-refractivity contribution is 5.63. The van der Waals surface area contributed by atoms with Crippen molar-refractivity contribution in [3.63, 3.8) is 0 Å². The average Bonchev–Trinajstić information content (AvgIpc) is 2.52. The number of unbranched alkanes of at least 4 members (excludes halogenated alkanes) is 1. The second kappa shape index (κ2) is 7.84. The van der Waals surface area contributed by atoms with Crippen molar-refractivity contribution < 1.29 is 5.11 Å². The van der Waals surface area contributed by atoms with Gasteiger partial charge in [-0.05, 0) is 37.6 Å². The average molecular weight is 283 g/mol. The van der Waals surface area contributed by atoms with Gasteiger partial charge in [-0.3, -0.25) is 0 Å². The van der Waals surface area contributed by atoms with Crippen LogP contribution in [0.25, 0.3) is 0 Å². The van der Waals surface area contributed by atoms with Gasteiger partial charge < -0.3 is 10.0 Å². The number of nitrogens with zero attached hydrogens (tertiary/aromatic N) is 1. The zero-order valence-electron chi connectivity index (χ0n) is 13.0. The summed E-state index contributed by atoms with van der Waals surface area (Å²) in [5.41, 5.74) is 3.50. The Morgan fingerprint density at radius 3 is 2.19 bits per heavy atom. The fraction of sp³-hybridized carbons (Fsp3) is 0.368. The lowest BCUT2D eigenvalue weighted by Crippen LogP contribution is -2.28. The Kier molecular flexibility index (Phi) is 5.82. The molecule has 0 saturated heterocycles. The molecule has 1 unspecified atom stereocenters. The van der Waals surface area contributed by atoms with E-state index in [9.17, 15) is 5.11 Å². The van der Waals surface area contributed by atoms with E-state index >= 15 is 0 Å². The third-order valence-electron chi connectivity index (χ3n) is 3.70. The van der Waals surface area contributed by atoms with E-state index in [0.717, 1.165) is 30.6 Å². The number of rotatable bonds is 7. The molecule has 2 aromatic carbocycles. The van der Waals surface area contributed by atoms with Crippen LogP contribution in [0.5, 0.6) is 0 Å². The first-order valence-corrected chi connectivity index (χ1v) is 7.78. The Morgan fingerprint density at radius 1 is 0.952 bits per heavy atom. The number of aliphatic hydroxyl groups is 1. The van der Waals surface area contributed by atoms with Crippen molar-refractivity contribution in [3.8, 4) is 0 Å². The molecule has 0 heterocycles. The van der Waals surface area contributed by atoms with Crippen molar-refractivity contribution in [2.75, 3.05) is 11.4 Å². The van der Waals surface area contributed by atoms with Crippen LogP contribution in [-0.4, -0.2) is 17.8 Å². The lowest BCUT2D eigenvalue weighted by Gasteiger charge is -2.27. The smallest absolute Gasteiger partial charge is 0.0719 e. The van der Waals surface area contributed by atoms with E-state index in [1.54, 1.807) is 0 Å². The summed E-state index contributed by atoms with van der Waals surface area (Å²) >= 11 is 0. The topological polar surface area (TPSA) is 23.5 Å². The Labute approximate surface area is 128 Å². The zero-order valence-corrected chi connectivity index (χ0v) is 13.0. The highest BCUT2D eigenvalue weighted by Crippen LogP contribution is 2.26. The molecule has 1 atom stereocenters. The van der Waals surface area contributed by atoms with Gasteiger partial charge in [-0.1, -0.05) is 55.7 Å². The van der Waals surface area contributed by atoms with Gasteiger partial charge in [0.1, 0.15) is 0 Å². The van der Waals surface area contributed by atoms with Gasteiger partial charge in [0.2, 0.25) is 0 Å². The fourth-order valence-electron chi connectivity index (χ4n) is 2.43. The molecule has 0 aliphatic heterocycles. The first kappa shape index (κ1) is 15.6. The van der Waals surface area contributed by atoms with Crippen LogP contribution in [0.3, 0.4) is 0 Å². The molecule has 0 fully saturated rings. The predicted molar refractivity (Wildman–Crippen MR) is 90.2 cm³/mol. The standard InChI is InChI=1S/C19H25NO/c1-3-4-10-19(21)15-20(17-8-6-5-7-9-17)18-13-11-16(2)12-14-18/h5-9,11-14,19,21H,3-4,10,15H2,1-2H3. The quantitative estimate of drug-likeness (QED) is 0.797. The molecule has 2 nitrogen and oxygen atoms in total. The molecule has 112 valence electrons. The van der Waals surface area contributed by atoms with Crippen LogP contribution in [-0.2, 0) is 0 Å². The fourth-order valence-corrected chi connectivity index (χ4v) is 2.43. The molecule has 1 N–H and O–H groups in total. The molecule has 0 bridgehead atoms. The molecule has 2 rings (SSSR count). The summed E-state index contributed by atoms with van der Waals surface area (Å²) in [5, 5.41) is 10.3. The third kappa shape index (κ3) is 4.61. The second-order valence-electron chi connectivity index (χ2n) is 5.58. The number of anilines is 2. The lowest BCUT2D eigenvalue weighted by molar-refractivity contribution is 0.169. The maximum Gasteiger partial charge on any atom is 0.0719 e. The molecule has 2 heteroatoms. The summed E-state index contributed by atoms with van der Waals surface area (Å²) in [7, 11) is 0. The molecule has 0 aliphatic rings. The maximum atomic E-state index is 10.3. The van der Waals surface area contributed by atoms with Gasteiger partial charge in [-0.15, -0.1) is 0 Å². The van der Waals surface area contributed by atoms with Crippen molar-refractivity contribution in [2.45, 2.75) is 39.2 Å². The van der Waals surface area contributed by atoms with E-state index < -0.39 is 0 Å². The first-order valence-electron chi connectivity index (χ1n) is 7.78. The molecule has 21 heavy (non-hydrogen) atoms. The summed E-state index contributed by atoms with van der Waals surface area (Å²) in [6.45, 7) is 4.88. The number of hydrogen-bond acceptors (Lipinski definition) is 2. The number of para-hydroxylation sites is 1. The van der Waals surface area contributed by atoms with Crippen LogP contribution in [0, 0.1) is 6.92 Å². The van der Waals surface area contributed by atoms with Crippen LogP contribution in [0.15, 0.2) is 54.6 Å². The van der Waals surface area contributed by atoms with Gasteiger partial charge in [0.15, 0.2) is 0 Å². The van der Waals surface area contributed by atoms with Crippen LogP contribution in [0.1, 0.15) is 31.7 Å². The van der Waals surface area contributed by atoms with Crippen LogP contribution in [0.4, 0.5) is 11.4 Å². The van der Waals surface area contributed by atoms with Crippen LogP contribution < -0.4 is 4.90 Å². The minimum atomic E-state index is -0.300. The van der Waals surface area contributed by atoms with E-state index in [-0.39, 0.29) is 6.10 Å². The van der Waals surface area contributed by atoms with Crippen molar-refractivity contribution in [1.82, 2.24) is 0 Å². The van der Waals surface area contributed by atoms with Gasteiger partial charge in [0, 0.05) is 17.9 Å². The number of aliphatic hydroxyl groups excluding tert-OH is 1. The van der Waals surface area contributed by atoms with E-state index in [0.29, 0.717) is 6.54 Å². The number of aryl methyl sites for hydroxylation is 1. The van der Waals surface area contributed by atoms with Crippen molar-refractivity contribution >= 4 is 11.4 Å². The number of hydrogen-bond donors (Lipinski definition) is 1. The number of benzene rings is 2. The normalized spacial score (nSPS) is 12.1. The summed E-state index contributed by atoms with van der Waals surface area (Å²) in [6, 6.07) is 18.7. The van der Waals surface area contributed by atoms with Gasteiger partial charge in [-0.25, -0.2) is 0 Å². The van der Waals surface area contributed by atoms with Gasteiger partial charge in [0.25, 0.3) is 0 Å². The predicted octanol–water partition coefficient (Wildman–Crippen LogP) is 4.68. The molecule has 0 aromatic heterocycles. The molecule has 0 saturated carbocycles. The Hall–Kier alpha value is -1.80. The summed E-state index contributed by atoms with van der Waals surface area (Å²) < 4.78 is 0. The third-order valence-corrected chi connectivity index (χ3v) is 3.70. The molecular formula is C19H25NO. The summed E-state index contributed by atoms with van der Waals surface area (Å²) in [6.07, 6.45) is 2.74. The minimum Gasteiger partial charge on any atom is -0.391 e. The highest BCUT2D eigenvalue weighted by atomic mass is 16.3.